The van der Waals surface area contributed by atoms with Crippen molar-refractivity contribution in [2.45, 2.75) is 19.6 Å². The molecular weight excluding hydrogens is 207 g/mol. The third-order valence-electron chi connectivity index (χ3n) is 3.01. The molecule has 1 aromatic carbocycles. The fourth-order valence-electron chi connectivity index (χ4n) is 2.24. The van der Waals surface area contributed by atoms with E-state index in [0.29, 0.717) is 17.9 Å². The van der Waals surface area contributed by atoms with Gasteiger partial charge in [0, 0.05) is 17.0 Å². The summed E-state index contributed by atoms with van der Waals surface area (Å²) in [5.41, 5.74) is 8.44. The second-order valence-corrected chi connectivity index (χ2v) is 4.00. The number of aromatic nitrogens is 1. The number of rotatable bonds is 0. The Morgan fingerprint density at radius 3 is 3.12 bits per heavy atom. The van der Waals surface area contributed by atoms with Gasteiger partial charge in [-0.15, -0.1) is 0 Å². The molecule has 16 heavy (non-hydrogen) atoms. The van der Waals surface area contributed by atoms with Crippen LogP contribution in [0, 0.1) is 5.82 Å². The summed E-state index contributed by atoms with van der Waals surface area (Å²) in [4.78, 5) is 4.22. The number of hydrogen-bond acceptors (Lipinski definition) is 3. The molecule has 2 aromatic rings. The monoisotopic (exact) mass is 218 g/mol. The van der Waals surface area contributed by atoms with Crippen LogP contribution in [-0.2, 0) is 11.3 Å². The van der Waals surface area contributed by atoms with Crippen molar-refractivity contribution in [3.8, 4) is 0 Å². The zero-order valence-corrected chi connectivity index (χ0v) is 8.83. The van der Waals surface area contributed by atoms with Crippen molar-refractivity contribution >= 4 is 16.7 Å². The SMILES string of the molecule is C[C@H]1OCc2c1c(N)nc1cc(F)ccc21. The first kappa shape index (κ1) is 9.54. The van der Waals surface area contributed by atoms with Crippen LogP contribution in [0.3, 0.4) is 0 Å². The number of ether oxygens (including phenoxy) is 1. The van der Waals surface area contributed by atoms with Gasteiger partial charge < -0.3 is 10.5 Å². The van der Waals surface area contributed by atoms with Crippen LogP contribution in [0.2, 0.25) is 0 Å². The third kappa shape index (κ3) is 1.20. The van der Waals surface area contributed by atoms with Crippen molar-refractivity contribution in [2.75, 3.05) is 5.73 Å². The predicted molar refractivity (Wildman–Crippen MR) is 59.3 cm³/mol. The van der Waals surface area contributed by atoms with Crippen LogP contribution in [-0.4, -0.2) is 4.98 Å². The first-order valence-corrected chi connectivity index (χ1v) is 5.16. The van der Waals surface area contributed by atoms with E-state index in [1.807, 2.05) is 6.92 Å². The third-order valence-corrected chi connectivity index (χ3v) is 3.01. The van der Waals surface area contributed by atoms with E-state index in [4.69, 9.17) is 10.5 Å². The maximum absolute atomic E-state index is 13.1. The van der Waals surface area contributed by atoms with Crippen molar-refractivity contribution in [3.63, 3.8) is 0 Å². The summed E-state index contributed by atoms with van der Waals surface area (Å²) in [5.74, 6) is 0.143. The van der Waals surface area contributed by atoms with Crippen molar-refractivity contribution < 1.29 is 9.13 Å². The number of nitrogens with zero attached hydrogens (tertiary/aromatic N) is 1. The highest BCUT2D eigenvalue weighted by atomic mass is 19.1. The van der Waals surface area contributed by atoms with E-state index >= 15 is 0 Å². The Bertz CT molecular complexity index is 583. The molecule has 0 radical (unpaired) electrons. The lowest BCUT2D eigenvalue weighted by Gasteiger charge is -2.08. The van der Waals surface area contributed by atoms with E-state index in [1.165, 1.54) is 12.1 Å². The van der Waals surface area contributed by atoms with Crippen molar-refractivity contribution in [3.05, 3.63) is 35.1 Å². The van der Waals surface area contributed by atoms with Gasteiger partial charge in [0.25, 0.3) is 0 Å². The zero-order chi connectivity index (χ0) is 11.3. The summed E-state index contributed by atoms with van der Waals surface area (Å²) in [6.45, 7) is 2.46. The van der Waals surface area contributed by atoms with Crippen LogP contribution in [0.1, 0.15) is 24.2 Å². The number of benzene rings is 1. The molecule has 1 atom stereocenters. The van der Waals surface area contributed by atoms with Crippen LogP contribution < -0.4 is 5.73 Å². The van der Waals surface area contributed by atoms with Crippen molar-refractivity contribution in [1.29, 1.82) is 0 Å². The fraction of sp³-hybridized carbons (Fsp3) is 0.250. The fourth-order valence-corrected chi connectivity index (χ4v) is 2.24. The summed E-state index contributed by atoms with van der Waals surface area (Å²) < 4.78 is 18.6. The molecular formula is C12H11FN2O. The largest absolute Gasteiger partial charge is 0.383 e. The van der Waals surface area contributed by atoms with Gasteiger partial charge in [0.2, 0.25) is 0 Å². The van der Waals surface area contributed by atoms with Gasteiger partial charge in [-0.1, -0.05) is 0 Å². The average Bonchev–Trinajstić information content (AvgIpc) is 2.61. The van der Waals surface area contributed by atoms with Crippen LogP contribution in [0.5, 0.6) is 0 Å². The average molecular weight is 218 g/mol. The molecule has 1 aliphatic heterocycles. The predicted octanol–water partition coefficient (Wildman–Crippen LogP) is 2.55. The Balaban J connectivity index is 2.40. The molecule has 0 saturated heterocycles. The molecule has 0 unspecified atom stereocenters. The van der Waals surface area contributed by atoms with Crippen LogP contribution in [0.4, 0.5) is 10.2 Å². The number of halogens is 1. The van der Waals surface area contributed by atoms with E-state index in [9.17, 15) is 4.39 Å². The van der Waals surface area contributed by atoms with Gasteiger partial charge >= 0.3 is 0 Å². The lowest BCUT2D eigenvalue weighted by molar-refractivity contribution is 0.0801. The zero-order valence-electron chi connectivity index (χ0n) is 8.83. The lowest BCUT2D eigenvalue weighted by atomic mass is 10.0. The molecule has 0 spiro atoms. The second kappa shape index (κ2) is 3.15. The highest BCUT2D eigenvalue weighted by molar-refractivity contribution is 5.86. The quantitative estimate of drug-likeness (QED) is 0.739. The van der Waals surface area contributed by atoms with E-state index in [2.05, 4.69) is 4.98 Å². The summed E-state index contributed by atoms with van der Waals surface area (Å²) in [6, 6.07) is 4.57. The molecule has 0 saturated carbocycles. The molecule has 2 N–H and O–H groups in total. The van der Waals surface area contributed by atoms with Gasteiger partial charge in [0.1, 0.15) is 11.6 Å². The molecule has 2 heterocycles. The van der Waals surface area contributed by atoms with E-state index in [1.54, 1.807) is 6.07 Å². The minimum Gasteiger partial charge on any atom is -0.383 e. The Morgan fingerprint density at radius 2 is 2.31 bits per heavy atom. The van der Waals surface area contributed by atoms with E-state index in [-0.39, 0.29) is 11.9 Å². The first-order valence-electron chi connectivity index (χ1n) is 5.16. The number of fused-ring (bicyclic) bond motifs is 3. The molecule has 4 heteroatoms. The number of nitrogen functional groups attached to an aromatic ring is 1. The number of hydrogen-bond donors (Lipinski definition) is 1. The molecule has 82 valence electrons. The number of anilines is 1. The highest BCUT2D eigenvalue weighted by Crippen LogP contribution is 2.37. The molecule has 1 aromatic heterocycles. The molecule has 3 nitrogen and oxygen atoms in total. The van der Waals surface area contributed by atoms with Gasteiger partial charge in [-0.05, 0) is 24.6 Å². The summed E-state index contributed by atoms with van der Waals surface area (Å²) in [5, 5.41) is 0.926. The van der Waals surface area contributed by atoms with Gasteiger partial charge in [-0.2, -0.15) is 0 Å². The van der Waals surface area contributed by atoms with Crippen LogP contribution >= 0.6 is 0 Å². The minimum absolute atomic E-state index is 0.0306. The Hall–Kier alpha value is -1.68. The first-order chi connectivity index (χ1) is 7.66. The van der Waals surface area contributed by atoms with E-state index < -0.39 is 0 Å². The standard InChI is InChI=1S/C12H11FN2O/c1-6-11-9(5-16-6)8-3-2-7(13)4-10(8)15-12(11)14/h2-4,6H,5H2,1H3,(H2,14,15)/t6-/m1/s1. The van der Waals surface area contributed by atoms with Crippen molar-refractivity contribution in [2.24, 2.45) is 0 Å². The smallest absolute Gasteiger partial charge is 0.130 e. The van der Waals surface area contributed by atoms with E-state index in [0.717, 1.165) is 16.5 Å². The molecule has 0 aliphatic carbocycles. The maximum atomic E-state index is 13.1. The molecule has 0 amide bonds. The number of pyridine rings is 1. The second-order valence-electron chi connectivity index (χ2n) is 4.00. The Kier molecular flexibility index (Phi) is 1.88. The normalized spacial score (nSPS) is 19.0. The summed E-state index contributed by atoms with van der Waals surface area (Å²) >= 11 is 0. The van der Waals surface area contributed by atoms with Crippen molar-refractivity contribution in [1.82, 2.24) is 4.98 Å². The lowest BCUT2D eigenvalue weighted by Crippen LogP contribution is -2.01. The minimum atomic E-state index is -0.300. The molecule has 3 rings (SSSR count). The molecule has 1 aliphatic rings. The number of nitrogens with two attached hydrogens (primary N) is 1. The van der Waals surface area contributed by atoms with Gasteiger partial charge in [0.15, 0.2) is 0 Å². The topological polar surface area (TPSA) is 48.1 Å². The highest BCUT2D eigenvalue weighted by Gasteiger charge is 2.25. The van der Waals surface area contributed by atoms with Gasteiger partial charge in [0.05, 0.1) is 18.2 Å². The molecule has 0 fully saturated rings. The maximum Gasteiger partial charge on any atom is 0.130 e. The summed E-state index contributed by atoms with van der Waals surface area (Å²) in [6.07, 6.45) is -0.0306. The van der Waals surface area contributed by atoms with Gasteiger partial charge in [-0.3, -0.25) is 0 Å². The summed E-state index contributed by atoms with van der Waals surface area (Å²) in [7, 11) is 0. The van der Waals surface area contributed by atoms with Crippen LogP contribution in [0.15, 0.2) is 18.2 Å². The van der Waals surface area contributed by atoms with Gasteiger partial charge in [-0.25, -0.2) is 9.37 Å². The molecule has 0 bridgehead atoms. The van der Waals surface area contributed by atoms with Crippen LogP contribution in [0.25, 0.3) is 10.9 Å². The Morgan fingerprint density at radius 1 is 1.50 bits per heavy atom. The Labute approximate surface area is 92.0 Å².